The molecule has 1 atom stereocenters. The van der Waals surface area contributed by atoms with Crippen LogP contribution in [-0.4, -0.2) is 17.1 Å². The predicted molar refractivity (Wildman–Crippen MR) is 74.2 cm³/mol. The molecule has 5 heteroatoms. The number of benzene rings is 1. The Morgan fingerprint density at radius 2 is 2.06 bits per heavy atom. The van der Waals surface area contributed by atoms with E-state index < -0.39 is 12.0 Å². The Balaban J connectivity index is 2.66. The maximum atomic E-state index is 11.1. The van der Waals surface area contributed by atoms with Crippen LogP contribution >= 0.6 is 23.2 Å². The lowest BCUT2D eigenvalue weighted by Gasteiger charge is -2.17. The van der Waals surface area contributed by atoms with Gasteiger partial charge in [0, 0.05) is 16.6 Å². The third-order valence-electron chi connectivity index (χ3n) is 2.55. The summed E-state index contributed by atoms with van der Waals surface area (Å²) in [6.45, 7) is 4.37. The van der Waals surface area contributed by atoms with Gasteiger partial charge in [0.2, 0.25) is 0 Å². The maximum absolute atomic E-state index is 11.1. The number of hydrogen-bond donors (Lipinski definition) is 2. The molecule has 18 heavy (non-hydrogen) atoms. The van der Waals surface area contributed by atoms with Crippen molar-refractivity contribution in [2.45, 2.75) is 32.9 Å². The second-order valence-corrected chi connectivity index (χ2v) is 5.48. The first kappa shape index (κ1) is 15.3. The second-order valence-electron chi connectivity index (χ2n) is 4.64. The second kappa shape index (κ2) is 6.98. The van der Waals surface area contributed by atoms with Crippen LogP contribution in [0.15, 0.2) is 18.2 Å². The van der Waals surface area contributed by atoms with Crippen molar-refractivity contribution in [2.75, 3.05) is 0 Å². The molecule has 0 saturated heterocycles. The molecule has 0 fully saturated rings. The first-order chi connectivity index (χ1) is 8.40. The summed E-state index contributed by atoms with van der Waals surface area (Å²) < 4.78 is 0. The average molecular weight is 290 g/mol. The van der Waals surface area contributed by atoms with Gasteiger partial charge in [-0.3, -0.25) is 4.79 Å². The van der Waals surface area contributed by atoms with E-state index in [0.717, 1.165) is 5.56 Å². The molecule has 1 aromatic rings. The molecule has 3 nitrogen and oxygen atoms in total. The van der Waals surface area contributed by atoms with E-state index in [4.69, 9.17) is 28.3 Å². The van der Waals surface area contributed by atoms with Crippen LogP contribution in [0.25, 0.3) is 0 Å². The molecule has 0 bridgehead atoms. The van der Waals surface area contributed by atoms with E-state index in [1.807, 2.05) is 13.8 Å². The zero-order valence-electron chi connectivity index (χ0n) is 10.4. The molecule has 2 N–H and O–H groups in total. The van der Waals surface area contributed by atoms with Gasteiger partial charge >= 0.3 is 5.97 Å². The number of hydrogen-bond acceptors (Lipinski definition) is 2. The van der Waals surface area contributed by atoms with Crippen LogP contribution in [0.3, 0.4) is 0 Å². The highest BCUT2D eigenvalue weighted by Crippen LogP contribution is 2.20. The minimum atomic E-state index is -0.846. The van der Waals surface area contributed by atoms with Crippen LogP contribution in [-0.2, 0) is 11.3 Å². The summed E-state index contributed by atoms with van der Waals surface area (Å²) in [7, 11) is 0. The van der Waals surface area contributed by atoms with Crippen molar-refractivity contribution in [3.8, 4) is 0 Å². The fourth-order valence-corrected chi connectivity index (χ4v) is 2.03. The lowest BCUT2D eigenvalue weighted by Crippen LogP contribution is -2.37. The molecule has 0 amide bonds. The lowest BCUT2D eigenvalue weighted by molar-refractivity contribution is -0.140. The number of aliphatic carboxylic acids is 1. The van der Waals surface area contributed by atoms with Gasteiger partial charge in [-0.15, -0.1) is 0 Å². The summed E-state index contributed by atoms with van der Waals surface area (Å²) in [4.78, 5) is 11.1. The van der Waals surface area contributed by atoms with E-state index in [2.05, 4.69) is 5.32 Å². The zero-order valence-corrected chi connectivity index (χ0v) is 11.9. The average Bonchev–Trinajstić information content (AvgIpc) is 2.27. The zero-order chi connectivity index (χ0) is 13.7. The highest BCUT2D eigenvalue weighted by atomic mass is 35.5. The number of rotatable bonds is 6. The summed E-state index contributed by atoms with van der Waals surface area (Å²) in [6.07, 6.45) is 0.577. The van der Waals surface area contributed by atoms with Crippen molar-refractivity contribution in [3.63, 3.8) is 0 Å². The fraction of sp³-hybridized carbons (Fsp3) is 0.462. The molecular formula is C13H17Cl2NO2. The molecule has 1 unspecified atom stereocenters. The van der Waals surface area contributed by atoms with Gasteiger partial charge in [0.25, 0.3) is 0 Å². The maximum Gasteiger partial charge on any atom is 0.320 e. The quantitative estimate of drug-likeness (QED) is 0.842. The molecule has 100 valence electrons. The van der Waals surface area contributed by atoms with E-state index in [1.165, 1.54) is 0 Å². The van der Waals surface area contributed by atoms with Crippen molar-refractivity contribution in [3.05, 3.63) is 33.8 Å². The van der Waals surface area contributed by atoms with Crippen molar-refractivity contribution < 1.29 is 9.90 Å². The van der Waals surface area contributed by atoms with Gasteiger partial charge in [0.1, 0.15) is 6.04 Å². The molecule has 0 saturated carbocycles. The Morgan fingerprint density at radius 3 is 2.61 bits per heavy atom. The van der Waals surface area contributed by atoms with Gasteiger partial charge in [-0.1, -0.05) is 37.0 Å². The fourth-order valence-electron chi connectivity index (χ4n) is 1.65. The Labute approximate surface area is 117 Å². The summed E-state index contributed by atoms with van der Waals surface area (Å²) >= 11 is 11.9. The summed E-state index contributed by atoms with van der Waals surface area (Å²) in [6, 6.07) is 4.58. The van der Waals surface area contributed by atoms with E-state index in [-0.39, 0.29) is 0 Å². The van der Waals surface area contributed by atoms with Crippen molar-refractivity contribution in [2.24, 2.45) is 5.92 Å². The Hall–Kier alpha value is -0.770. The minimum absolute atomic E-state index is 0.313. The number of carboxylic acids is 1. The third-order valence-corrected chi connectivity index (χ3v) is 3.16. The standard InChI is InChI=1S/C13H17Cl2NO2/c1-8(2)5-12(13(17)18)16-7-9-6-10(14)3-4-11(9)15/h3-4,6,8,12,16H,5,7H2,1-2H3,(H,17,18). The molecular weight excluding hydrogens is 273 g/mol. The van der Waals surface area contributed by atoms with Gasteiger partial charge < -0.3 is 10.4 Å². The number of carboxylic acid groups (broad SMARTS) is 1. The number of nitrogens with one attached hydrogen (secondary N) is 1. The highest BCUT2D eigenvalue weighted by molar-refractivity contribution is 6.33. The largest absolute Gasteiger partial charge is 0.480 e. The lowest BCUT2D eigenvalue weighted by atomic mass is 10.0. The van der Waals surface area contributed by atoms with E-state index in [9.17, 15) is 4.79 Å². The van der Waals surface area contributed by atoms with Crippen LogP contribution in [0.5, 0.6) is 0 Å². The van der Waals surface area contributed by atoms with Gasteiger partial charge in [-0.2, -0.15) is 0 Å². The van der Waals surface area contributed by atoms with Crippen LogP contribution in [0.4, 0.5) is 0 Å². The van der Waals surface area contributed by atoms with Crippen molar-refractivity contribution in [1.82, 2.24) is 5.32 Å². The SMILES string of the molecule is CC(C)CC(NCc1cc(Cl)ccc1Cl)C(=O)O. The number of carbonyl (C=O) groups is 1. The molecule has 1 rings (SSSR count). The minimum Gasteiger partial charge on any atom is -0.480 e. The smallest absolute Gasteiger partial charge is 0.320 e. The van der Waals surface area contributed by atoms with Crippen molar-refractivity contribution >= 4 is 29.2 Å². The van der Waals surface area contributed by atoms with Crippen LogP contribution < -0.4 is 5.32 Å². The first-order valence-electron chi connectivity index (χ1n) is 5.80. The van der Waals surface area contributed by atoms with Crippen LogP contribution in [0, 0.1) is 5.92 Å². The van der Waals surface area contributed by atoms with Gasteiger partial charge in [-0.25, -0.2) is 0 Å². The molecule has 0 aliphatic heterocycles. The first-order valence-corrected chi connectivity index (χ1v) is 6.56. The van der Waals surface area contributed by atoms with E-state index in [0.29, 0.717) is 28.9 Å². The van der Waals surface area contributed by atoms with Crippen LogP contribution in [0.2, 0.25) is 10.0 Å². The molecule has 0 aromatic heterocycles. The van der Waals surface area contributed by atoms with E-state index >= 15 is 0 Å². The highest BCUT2D eigenvalue weighted by Gasteiger charge is 2.18. The van der Waals surface area contributed by atoms with E-state index in [1.54, 1.807) is 18.2 Å². The third kappa shape index (κ3) is 4.84. The summed E-state index contributed by atoms with van der Waals surface area (Å²) in [5.41, 5.74) is 0.805. The normalized spacial score (nSPS) is 12.7. The molecule has 0 heterocycles. The van der Waals surface area contributed by atoms with Crippen molar-refractivity contribution in [1.29, 1.82) is 0 Å². The molecule has 0 aliphatic carbocycles. The van der Waals surface area contributed by atoms with Gasteiger partial charge in [0.15, 0.2) is 0 Å². The van der Waals surface area contributed by atoms with Gasteiger partial charge in [-0.05, 0) is 36.1 Å². The Morgan fingerprint density at radius 1 is 1.39 bits per heavy atom. The molecule has 1 aromatic carbocycles. The Kier molecular flexibility index (Phi) is 5.93. The molecule has 0 spiro atoms. The number of halogens is 2. The predicted octanol–water partition coefficient (Wildman–Crippen LogP) is 3.58. The topological polar surface area (TPSA) is 49.3 Å². The summed E-state index contributed by atoms with van der Waals surface area (Å²) in [5, 5.41) is 13.3. The molecule has 0 radical (unpaired) electrons. The van der Waals surface area contributed by atoms with Crippen LogP contribution in [0.1, 0.15) is 25.8 Å². The monoisotopic (exact) mass is 289 g/mol. The molecule has 0 aliphatic rings. The Bertz CT molecular complexity index is 421. The summed E-state index contributed by atoms with van der Waals surface area (Å²) in [5.74, 6) is -0.532. The van der Waals surface area contributed by atoms with Gasteiger partial charge in [0.05, 0.1) is 0 Å².